The summed E-state index contributed by atoms with van der Waals surface area (Å²) in [5, 5.41) is 0. The smallest absolute Gasteiger partial charge is 0.254 e. The van der Waals surface area contributed by atoms with Crippen LogP contribution in [-0.4, -0.2) is 60.5 Å². The molecular weight excluding hydrogens is 324 g/mol. The van der Waals surface area contributed by atoms with Crippen LogP contribution in [0.15, 0.2) is 48.7 Å². The molecule has 1 atom stereocenters. The van der Waals surface area contributed by atoms with Gasteiger partial charge < -0.3 is 14.7 Å². The molecule has 1 aromatic carbocycles. The van der Waals surface area contributed by atoms with Gasteiger partial charge in [0.2, 0.25) is 0 Å². The standard InChI is InChI=1S/C21H26N4O/c1-23-13-15-24(16-14-23)20-18(9-5-11-22-20)19-10-6-12-25(19)21(26)17-7-3-2-4-8-17/h2-5,7-9,11,19H,6,10,12-16H2,1H3. The van der Waals surface area contributed by atoms with E-state index in [1.807, 2.05) is 47.5 Å². The van der Waals surface area contributed by atoms with Gasteiger partial charge in [0.05, 0.1) is 6.04 Å². The van der Waals surface area contributed by atoms with Crippen LogP contribution in [0.25, 0.3) is 0 Å². The first-order valence-corrected chi connectivity index (χ1v) is 9.48. The number of pyridine rings is 1. The Hall–Kier alpha value is -2.40. The predicted molar refractivity (Wildman–Crippen MR) is 103 cm³/mol. The van der Waals surface area contributed by atoms with Crippen LogP contribution in [0.4, 0.5) is 5.82 Å². The molecule has 2 aliphatic heterocycles. The average molecular weight is 350 g/mol. The molecule has 2 saturated heterocycles. The van der Waals surface area contributed by atoms with Crippen molar-refractivity contribution in [3.05, 3.63) is 59.8 Å². The van der Waals surface area contributed by atoms with Gasteiger partial charge >= 0.3 is 0 Å². The fourth-order valence-corrected chi connectivity index (χ4v) is 4.03. The molecule has 1 aromatic heterocycles. The van der Waals surface area contributed by atoms with Crippen LogP contribution in [0.3, 0.4) is 0 Å². The fourth-order valence-electron chi connectivity index (χ4n) is 4.03. The van der Waals surface area contributed by atoms with Crippen LogP contribution >= 0.6 is 0 Å². The van der Waals surface area contributed by atoms with Crippen molar-refractivity contribution in [3.8, 4) is 0 Å². The third kappa shape index (κ3) is 3.31. The number of carbonyl (C=O) groups excluding carboxylic acids is 1. The number of likely N-dealkylation sites (N-methyl/N-ethyl adjacent to an activating group) is 1. The lowest BCUT2D eigenvalue weighted by Crippen LogP contribution is -2.45. The van der Waals surface area contributed by atoms with Gasteiger partial charge in [0.1, 0.15) is 5.82 Å². The molecule has 0 bridgehead atoms. The Balaban J connectivity index is 1.61. The highest BCUT2D eigenvalue weighted by atomic mass is 16.2. The topological polar surface area (TPSA) is 39.7 Å². The van der Waals surface area contributed by atoms with Crippen LogP contribution in [0.5, 0.6) is 0 Å². The van der Waals surface area contributed by atoms with Crippen LogP contribution < -0.4 is 4.90 Å². The number of aromatic nitrogens is 1. The van der Waals surface area contributed by atoms with E-state index in [1.54, 1.807) is 0 Å². The van der Waals surface area contributed by atoms with Crippen molar-refractivity contribution in [2.24, 2.45) is 0 Å². The molecule has 3 heterocycles. The van der Waals surface area contributed by atoms with Crippen molar-refractivity contribution in [2.75, 3.05) is 44.7 Å². The molecule has 0 saturated carbocycles. The summed E-state index contributed by atoms with van der Waals surface area (Å²) >= 11 is 0. The van der Waals surface area contributed by atoms with Gasteiger partial charge in [-0.3, -0.25) is 4.79 Å². The van der Waals surface area contributed by atoms with E-state index in [2.05, 4.69) is 22.9 Å². The summed E-state index contributed by atoms with van der Waals surface area (Å²) in [4.78, 5) is 24.5. The molecule has 1 amide bonds. The molecule has 136 valence electrons. The first-order valence-electron chi connectivity index (χ1n) is 9.48. The number of anilines is 1. The monoisotopic (exact) mass is 350 g/mol. The molecule has 1 unspecified atom stereocenters. The predicted octanol–water partition coefficient (Wildman–Crippen LogP) is 2.81. The van der Waals surface area contributed by atoms with Gasteiger partial charge in [0.25, 0.3) is 5.91 Å². The third-order valence-corrected chi connectivity index (χ3v) is 5.51. The molecule has 0 N–H and O–H groups in total. The second-order valence-corrected chi connectivity index (χ2v) is 7.23. The number of carbonyl (C=O) groups is 1. The van der Waals surface area contributed by atoms with E-state index in [0.29, 0.717) is 0 Å². The second-order valence-electron chi connectivity index (χ2n) is 7.23. The Kier molecular flexibility index (Phi) is 4.89. The summed E-state index contributed by atoms with van der Waals surface area (Å²) in [6.07, 6.45) is 3.92. The Bertz CT molecular complexity index is 756. The first-order chi connectivity index (χ1) is 12.7. The van der Waals surface area contributed by atoms with Crippen molar-refractivity contribution >= 4 is 11.7 Å². The van der Waals surface area contributed by atoms with Crippen molar-refractivity contribution in [1.29, 1.82) is 0 Å². The number of likely N-dealkylation sites (tertiary alicyclic amines) is 1. The van der Waals surface area contributed by atoms with E-state index in [9.17, 15) is 4.79 Å². The summed E-state index contributed by atoms with van der Waals surface area (Å²) in [7, 11) is 2.16. The Labute approximate surface area is 155 Å². The van der Waals surface area contributed by atoms with Gasteiger partial charge in [-0.15, -0.1) is 0 Å². The SMILES string of the molecule is CN1CCN(c2ncccc2C2CCCN2C(=O)c2ccccc2)CC1. The van der Waals surface area contributed by atoms with Crippen LogP contribution in [-0.2, 0) is 0 Å². The van der Waals surface area contributed by atoms with Crippen molar-refractivity contribution in [3.63, 3.8) is 0 Å². The number of amides is 1. The van der Waals surface area contributed by atoms with Gasteiger partial charge in [-0.1, -0.05) is 24.3 Å². The maximum Gasteiger partial charge on any atom is 0.254 e. The first kappa shape index (κ1) is 17.0. The summed E-state index contributed by atoms with van der Waals surface area (Å²) in [5.74, 6) is 1.18. The molecule has 5 nitrogen and oxygen atoms in total. The Morgan fingerprint density at radius 2 is 1.77 bits per heavy atom. The normalized spacial score (nSPS) is 21.2. The number of benzene rings is 1. The second kappa shape index (κ2) is 7.46. The van der Waals surface area contributed by atoms with E-state index in [4.69, 9.17) is 4.98 Å². The lowest BCUT2D eigenvalue weighted by molar-refractivity contribution is 0.0735. The minimum absolute atomic E-state index is 0.117. The maximum atomic E-state index is 13.0. The molecule has 0 aliphatic carbocycles. The van der Waals surface area contributed by atoms with E-state index in [-0.39, 0.29) is 11.9 Å². The molecule has 0 spiro atoms. The van der Waals surface area contributed by atoms with Crippen LogP contribution in [0, 0.1) is 0 Å². The minimum Gasteiger partial charge on any atom is -0.354 e. The van der Waals surface area contributed by atoms with Gasteiger partial charge in [-0.2, -0.15) is 0 Å². The third-order valence-electron chi connectivity index (χ3n) is 5.51. The van der Waals surface area contributed by atoms with E-state index in [1.165, 1.54) is 5.56 Å². The number of piperazine rings is 1. The zero-order valence-electron chi connectivity index (χ0n) is 15.3. The zero-order chi connectivity index (χ0) is 17.9. The minimum atomic E-state index is 0.117. The molecule has 2 fully saturated rings. The highest BCUT2D eigenvalue weighted by Gasteiger charge is 2.33. The summed E-state index contributed by atoms with van der Waals surface area (Å²) in [6, 6.07) is 13.9. The summed E-state index contributed by atoms with van der Waals surface area (Å²) in [6.45, 7) is 4.88. The van der Waals surface area contributed by atoms with E-state index in [0.717, 1.165) is 56.9 Å². The quantitative estimate of drug-likeness (QED) is 0.853. The molecule has 2 aliphatic rings. The number of hydrogen-bond acceptors (Lipinski definition) is 4. The highest BCUT2D eigenvalue weighted by molar-refractivity contribution is 5.94. The highest BCUT2D eigenvalue weighted by Crippen LogP contribution is 2.37. The van der Waals surface area contributed by atoms with Crippen molar-refractivity contribution in [2.45, 2.75) is 18.9 Å². The van der Waals surface area contributed by atoms with Gasteiger partial charge in [-0.25, -0.2) is 4.98 Å². The zero-order valence-corrected chi connectivity index (χ0v) is 15.3. The van der Waals surface area contributed by atoms with Gasteiger partial charge in [0, 0.05) is 50.0 Å². The van der Waals surface area contributed by atoms with Crippen LogP contribution in [0.1, 0.15) is 34.8 Å². The fraction of sp³-hybridized carbons (Fsp3) is 0.429. The Morgan fingerprint density at radius 3 is 2.54 bits per heavy atom. The lowest BCUT2D eigenvalue weighted by Gasteiger charge is -2.36. The molecular formula is C21H26N4O. The lowest BCUT2D eigenvalue weighted by atomic mass is 10.0. The summed E-state index contributed by atoms with van der Waals surface area (Å²) in [5.41, 5.74) is 1.96. The largest absolute Gasteiger partial charge is 0.354 e. The number of rotatable bonds is 3. The van der Waals surface area contributed by atoms with E-state index < -0.39 is 0 Å². The number of hydrogen-bond donors (Lipinski definition) is 0. The molecule has 26 heavy (non-hydrogen) atoms. The number of nitrogens with zero attached hydrogens (tertiary/aromatic N) is 4. The van der Waals surface area contributed by atoms with E-state index >= 15 is 0 Å². The van der Waals surface area contributed by atoms with Gasteiger partial charge in [-0.05, 0) is 38.1 Å². The molecule has 0 radical (unpaired) electrons. The molecule has 5 heteroatoms. The summed E-state index contributed by atoms with van der Waals surface area (Å²) < 4.78 is 0. The molecule has 4 rings (SSSR count). The van der Waals surface area contributed by atoms with Crippen LogP contribution in [0.2, 0.25) is 0 Å². The van der Waals surface area contributed by atoms with Crippen molar-refractivity contribution < 1.29 is 4.79 Å². The van der Waals surface area contributed by atoms with Crippen molar-refractivity contribution in [1.82, 2.24) is 14.8 Å². The maximum absolute atomic E-state index is 13.0. The molecule has 2 aromatic rings. The van der Waals surface area contributed by atoms with Gasteiger partial charge in [0.15, 0.2) is 0 Å². The Morgan fingerprint density at radius 1 is 1.00 bits per heavy atom. The average Bonchev–Trinajstić information content (AvgIpc) is 3.18.